The molecule has 0 unspecified atom stereocenters. The number of pyridine rings is 1. The summed E-state index contributed by atoms with van der Waals surface area (Å²) in [6.07, 6.45) is 6.64. The first-order valence-corrected chi connectivity index (χ1v) is 8.84. The van der Waals surface area contributed by atoms with Crippen LogP contribution in [0.15, 0.2) is 11.1 Å². The molecule has 0 radical (unpaired) electrons. The van der Waals surface area contributed by atoms with Crippen molar-refractivity contribution in [2.45, 2.75) is 63.5 Å². The van der Waals surface area contributed by atoms with Gasteiger partial charge in [-0.1, -0.05) is 24.6 Å². The Balaban J connectivity index is 2.14. The van der Waals surface area contributed by atoms with Gasteiger partial charge in [0.05, 0.1) is 17.4 Å². The summed E-state index contributed by atoms with van der Waals surface area (Å²) in [6, 6.07) is 4.17. The van der Waals surface area contributed by atoms with E-state index < -0.39 is 0 Å². The van der Waals surface area contributed by atoms with Gasteiger partial charge in [-0.15, -0.1) is 0 Å². The molecule has 1 heterocycles. The average molecular weight is 318 g/mol. The van der Waals surface area contributed by atoms with Gasteiger partial charge >= 0.3 is 5.97 Å². The minimum Gasteiger partial charge on any atom is -0.462 e. The Bertz CT molecular complexity index is 579. The molecule has 0 saturated carbocycles. The van der Waals surface area contributed by atoms with Crippen LogP contribution >= 0.6 is 11.8 Å². The first-order valence-electron chi connectivity index (χ1n) is 7.85. The maximum Gasteiger partial charge on any atom is 0.316 e. The molecule has 0 spiro atoms. The number of nitriles is 1. The van der Waals surface area contributed by atoms with Crippen molar-refractivity contribution in [3.05, 3.63) is 22.9 Å². The van der Waals surface area contributed by atoms with Gasteiger partial charge in [-0.25, -0.2) is 4.98 Å². The van der Waals surface area contributed by atoms with Crippen LogP contribution in [0.5, 0.6) is 0 Å². The number of esters is 1. The quantitative estimate of drug-likeness (QED) is 0.626. The van der Waals surface area contributed by atoms with Crippen LogP contribution < -0.4 is 0 Å². The number of fused-ring (bicyclic) bond motifs is 1. The number of nitrogens with zero attached hydrogens (tertiary/aromatic N) is 2. The van der Waals surface area contributed by atoms with E-state index >= 15 is 0 Å². The number of hydrogen-bond donors (Lipinski definition) is 0. The molecule has 22 heavy (non-hydrogen) atoms. The van der Waals surface area contributed by atoms with Crippen LogP contribution in [0.1, 0.15) is 56.4 Å². The fourth-order valence-corrected chi connectivity index (χ4v) is 3.34. The number of aryl methyl sites for hydroxylation is 2. The minimum absolute atomic E-state index is 0.118. The number of carbonyl (C=O) groups excluding carboxylic acids is 1. The summed E-state index contributed by atoms with van der Waals surface area (Å²) in [4.78, 5) is 16.3. The molecule has 0 aliphatic heterocycles. The SMILES string of the molecule is CC(C)OC(=O)CSc1nc2c(cc1C#N)CCCCCC2. The molecule has 1 aliphatic rings. The number of rotatable bonds is 4. The van der Waals surface area contributed by atoms with Gasteiger partial charge in [-0.05, 0) is 51.2 Å². The van der Waals surface area contributed by atoms with E-state index in [1.165, 1.54) is 30.2 Å². The predicted octanol–water partition coefficient (Wildman–Crippen LogP) is 3.66. The second-order valence-electron chi connectivity index (χ2n) is 5.80. The monoisotopic (exact) mass is 318 g/mol. The van der Waals surface area contributed by atoms with Crippen LogP contribution in [0, 0.1) is 11.3 Å². The summed E-state index contributed by atoms with van der Waals surface area (Å²) in [5.74, 6) is -0.0732. The Kier molecular flexibility index (Phi) is 6.26. The van der Waals surface area contributed by atoms with Crippen molar-refractivity contribution < 1.29 is 9.53 Å². The fourth-order valence-electron chi connectivity index (χ4n) is 2.58. The Hall–Kier alpha value is -1.54. The summed E-state index contributed by atoms with van der Waals surface area (Å²) in [6.45, 7) is 3.65. The number of aromatic nitrogens is 1. The van der Waals surface area contributed by atoms with E-state index in [1.54, 1.807) is 0 Å². The van der Waals surface area contributed by atoms with Crippen LogP contribution in [-0.4, -0.2) is 22.8 Å². The highest BCUT2D eigenvalue weighted by Gasteiger charge is 2.15. The van der Waals surface area contributed by atoms with Crippen LogP contribution in [0.3, 0.4) is 0 Å². The summed E-state index contributed by atoms with van der Waals surface area (Å²) >= 11 is 1.30. The minimum atomic E-state index is -0.266. The van der Waals surface area contributed by atoms with E-state index in [1.807, 2.05) is 19.9 Å². The number of carbonyl (C=O) groups is 1. The molecule has 2 rings (SSSR count). The van der Waals surface area contributed by atoms with Gasteiger partial charge in [-0.2, -0.15) is 5.26 Å². The number of ether oxygens (including phenoxy) is 1. The maximum atomic E-state index is 11.7. The number of hydrogen-bond acceptors (Lipinski definition) is 5. The molecule has 0 aromatic carbocycles. The first kappa shape index (κ1) is 16.8. The molecule has 0 N–H and O–H groups in total. The molecule has 5 heteroatoms. The predicted molar refractivity (Wildman–Crippen MR) is 86.8 cm³/mol. The molecular weight excluding hydrogens is 296 g/mol. The summed E-state index contributed by atoms with van der Waals surface area (Å²) in [5, 5.41) is 9.99. The van der Waals surface area contributed by atoms with Crippen molar-refractivity contribution in [3.8, 4) is 6.07 Å². The molecular formula is C17H22N2O2S. The molecule has 1 aromatic rings. The Morgan fingerprint density at radius 3 is 2.77 bits per heavy atom. The van der Waals surface area contributed by atoms with Crippen LogP contribution in [0.4, 0.5) is 0 Å². The zero-order valence-corrected chi connectivity index (χ0v) is 14.0. The maximum absolute atomic E-state index is 11.7. The van der Waals surface area contributed by atoms with Gasteiger partial charge in [0, 0.05) is 5.69 Å². The van der Waals surface area contributed by atoms with Gasteiger partial charge in [-0.3, -0.25) is 4.79 Å². The van der Waals surface area contributed by atoms with Gasteiger partial charge < -0.3 is 4.74 Å². The van der Waals surface area contributed by atoms with Crippen molar-refractivity contribution in [3.63, 3.8) is 0 Å². The highest BCUT2D eigenvalue weighted by molar-refractivity contribution is 7.99. The van der Waals surface area contributed by atoms with Crippen LogP contribution in [0.2, 0.25) is 0 Å². The van der Waals surface area contributed by atoms with Crippen molar-refractivity contribution in [1.82, 2.24) is 4.98 Å². The lowest BCUT2D eigenvalue weighted by molar-refractivity contribution is -0.144. The third-order valence-corrected chi connectivity index (χ3v) is 4.54. The smallest absolute Gasteiger partial charge is 0.316 e. The summed E-state index contributed by atoms with van der Waals surface area (Å²) in [5.41, 5.74) is 2.87. The van der Waals surface area contributed by atoms with Crippen LogP contribution in [-0.2, 0) is 22.4 Å². The normalized spacial score (nSPS) is 14.6. The van der Waals surface area contributed by atoms with Gasteiger partial charge in [0.1, 0.15) is 11.1 Å². The molecule has 118 valence electrons. The van der Waals surface area contributed by atoms with E-state index in [4.69, 9.17) is 4.74 Å². The zero-order valence-electron chi connectivity index (χ0n) is 13.2. The van der Waals surface area contributed by atoms with E-state index in [0.717, 1.165) is 31.4 Å². The van der Waals surface area contributed by atoms with E-state index in [0.29, 0.717) is 10.6 Å². The largest absolute Gasteiger partial charge is 0.462 e. The molecule has 4 nitrogen and oxygen atoms in total. The highest BCUT2D eigenvalue weighted by Crippen LogP contribution is 2.26. The second-order valence-corrected chi connectivity index (χ2v) is 6.76. The molecule has 0 fully saturated rings. The van der Waals surface area contributed by atoms with E-state index in [-0.39, 0.29) is 17.8 Å². The topological polar surface area (TPSA) is 63.0 Å². The Morgan fingerprint density at radius 2 is 2.09 bits per heavy atom. The van der Waals surface area contributed by atoms with E-state index in [2.05, 4.69) is 11.1 Å². The lowest BCUT2D eigenvalue weighted by atomic mass is 9.96. The van der Waals surface area contributed by atoms with Crippen molar-refractivity contribution in [2.24, 2.45) is 0 Å². The molecule has 0 atom stereocenters. The second kappa shape index (κ2) is 8.19. The molecule has 1 aromatic heterocycles. The zero-order chi connectivity index (χ0) is 15.9. The van der Waals surface area contributed by atoms with Gasteiger partial charge in [0.15, 0.2) is 0 Å². The van der Waals surface area contributed by atoms with Crippen LogP contribution in [0.25, 0.3) is 0 Å². The molecule has 0 bridgehead atoms. The standard InChI is InChI=1S/C17H22N2O2S/c1-12(2)21-16(20)11-22-17-14(10-18)9-13-7-5-3-4-6-8-15(13)19-17/h9,12H,3-8,11H2,1-2H3. The van der Waals surface area contributed by atoms with Crippen molar-refractivity contribution >= 4 is 17.7 Å². The molecule has 0 amide bonds. The van der Waals surface area contributed by atoms with Crippen molar-refractivity contribution in [1.29, 1.82) is 5.26 Å². The first-order chi connectivity index (χ1) is 10.6. The van der Waals surface area contributed by atoms with Gasteiger partial charge in [0.2, 0.25) is 0 Å². The molecule has 1 aliphatic carbocycles. The van der Waals surface area contributed by atoms with E-state index in [9.17, 15) is 10.1 Å². The third-order valence-electron chi connectivity index (χ3n) is 3.58. The van der Waals surface area contributed by atoms with Gasteiger partial charge in [0.25, 0.3) is 0 Å². The Labute approximate surface area is 136 Å². The fraction of sp³-hybridized carbons (Fsp3) is 0.588. The van der Waals surface area contributed by atoms with Crippen molar-refractivity contribution in [2.75, 3.05) is 5.75 Å². The number of thioether (sulfide) groups is 1. The summed E-state index contributed by atoms with van der Waals surface area (Å²) < 4.78 is 5.12. The summed E-state index contributed by atoms with van der Waals surface area (Å²) in [7, 11) is 0. The lowest BCUT2D eigenvalue weighted by Crippen LogP contribution is -2.13. The molecule has 0 saturated heterocycles. The highest BCUT2D eigenvalue weighted by atomic mass is 32.2. The Morgan fingerprint density at radius 1 is 1.36 bits per heavy atom. The lowest BCUT2D eigenvalue weighted by Gasteiger charge is -2.15. The average Bonchev–Trinajstić information content (AvgIpc) is 2.45. The third kappa shape index (κ3) is 4.74.